The van der Waals surface area contributed by atoms with E-state index < -0.39 is 0 Å². The fraction of sp³-hybridized carbons (Fsp3) is 0. The van der Waals surface area contributed by atoms with Gasteiger partial charge < -0.3 is 0 Å². The molecule has 0 heteroatoms. The first-order valence-electron chi connectivity index (χ1n) is 18.4. The second-order valence-electron chi connectivity index (χ2n) is 12.5. The Balaban J connectivity index is 1.30. The van der Waals surface area contributed by atoms with Crippen molar-refractivity contribution in [2.45, 2.75) is 0 Å². The molecule has 0 radical (unpaired) electrons. The van der Waals surface area contributed by atoms with Crippen LogP contribution in [0.15, 0.2) is 182 Å². The lowest BCUT2D eigenvalue weighted by atomic mass is 9.85. The molecule has 0 atom stereocenters. The Bertz CT molecular complexity index is 2830. The molecule has 0 aliphatic rings. The number of hydrogen-bond donors (Lipinski definition) is 0. The Kier molecular flexibility index (Phi) is 5.14. The van der Waals surface area contributed by atoms with Crippen LogP contribution in [-0.2, 0) is 0 Å². The van der Waals surface area contributed by atoms with Gasteiger partial charge in [0, 0.05) is 0 Å². The van der Waals surface area contributed by atoms with Gasteiger partial charge in [-0.1, -0.05) is 182 Å². The van der Waals surface area contributed by atoms with E-state index in [2.05, 4.69) is 121 Å². The van der Waals surface area contributed by atoms with Gasteiger partial charge in [-0.2, -0.15) is 0 Å². The minimum absolute atomic E-state index is 0.129. The van der Waals surface area contributed by atoms with Crippen molar-refractivity contribution in [2.24, 2.45) is 0 Å². The smallest absolute Gasteiger partial charge is 0.0622 e. The van der Waals surface area contributed by atoms with Crippen molar-refractivity contribution in [3.05, 3.63) is 182 Å². The van der Waals surface area contributed by atoms with Crippen LogP contribution in [0.3, 0.4) is 0 Å². The molecule has 0 nitrogen and oxygen atoms in total. The Morgan fingerprint density at radius 3 is 1.02 bits per heavy atom. The van der Waals surface area contributed by atoms with Gasteiger partial charge >= 0.3 is 0 Å². The van der Waals surface area contributed by atoms with Crippen LogP contribution in [0.4, 0.5) is 0 Å². The highest BCUT2D eigenvalue weighted by molar-refractivity contribution is 6.29. The Morgan fingerprint density at radius 2 is 0.604 bits per heavy atom. The molecule has 0 spiro atoms. The Hall–Kier alpha value is -6.24. The molecule has 10 aromatic carbocycles. The van der Waals surface area contributed by atoms with Crippen LogP contribution in [0.25, 0.3) is 98.4 Å². The first-order chi connectivity index (χ1) is 25.5. The summed E-state index contributed by atoms with van der Waals surface area (Å²) in [6.07, 6.45) is 0. The fourth-order valence-electron chi connectivity index (χ4n) is 7.73. The van der Waals surface area contributed by atoms with Gasteiger partial charge in [0.05, 0.1) is 5.48 Å². The molecule has 222 valence electrons. The van der Waals surface area contributed by atoms with Crippen molar-refractivity contribution in [1.82, 2.24) is 0 Å². The summed E-state index contributed by atoms with van der Waals surface area (Å²) in [6.45, 7) is 0. The normalized spacial score (nSPS) is 12.9. The van der Waals surface area contributed by atoms with Gasteiger partial charge in [-0.3, -0.25) is 0 Å². The summed E-state index contributed by atoms with van der Waals surface area (Å²) in [4.78, 5) is 0. The Labute approximate surface area is 285 Å². The van der Waals surface area contributed by atoms with E-state index in [0.29, 0.717) is 21.5 Å². The maximum atomic E-state index is 9.47. The van der Waals surface area contributed by atoms with E-state index in [4.69, 9.17) is 0 Å². The summed E-state index contributed by atoms with van der Waals surface area (Å²) < 4.78 is 37.7. The molecule has 0 aliphatic carbocycles. The van der Waals surface area contributed by atoms with Gasteiger partial charge in [0.1, 0.15) is 0 Å². The topological polar surface area (TPSA) is 0 Å². The molecule has 0 aromatic heterocycles. The number of hydrogen-bond acceptors (Lipinski definition) is 0. The maximum Gasteiger partial charge on any atom is 0.0630 e. The van der Waals surface area contributed by atoms with Crippen molar-refractivity contribution in [3.8, 4) is 44.5 Å². The van der Waals surface area contributed by atoms with E-state index in [1.54, 1.807) is 0 Å². The molecule has 0 amide bonds. The largest absolute Gasteiger partial charge is 0.0630 e. The highest BCUT2D eigenvalue weighted by atomic mass is 14.2. The second kappa shape index (κ2) is 10.7. The first kappa shape index (κ1) is 23.1. The molecule has 10 rings (SSSR count). The van der Waals surface area contributed by atoms with Crippen molar-refractivity contribution in [2.75, 3.05) is 0 Å². The summed E-state index contributed by atoms with van der Waals surface area (Å²) in [7, 11) is 0. The minimum atomic E-state index is 0.129. The van der Waals surface area contributed by atoms with Crippen LogP contribution < -0.4 is 0 Å². The van der Waals surface area contributed by atoms with Crippen molar-refractivity contribution in [1.29, 1.82) is 0 Å². The average molecular weight is 611 g/mol. The number of rotatable bonds is 4. The molecule has 10 aromatic rings. The van der Waals surface area contributed by atoms with E-state index >= 15 is 0 Å². The molecular formula is C48H30. The molecular weight excluding hydrogens is 577 g/mol. The van der Waals surface area contributed by atoms with E-state index in [-0.39, 0.29) is 24.2 Å². The lowest BCUT2D eigenvalue weighted by Gasteiger charge is -2.18. The summed E-state index contributed by atoms with van der Waals surface area (Å²) in [5.41, 5.74) is 8.18. The van der Waals surface area contributed by atoms with E-state index in [9.17, 15) is 5.48 Å². The molecule has 0 bridgehead atoms. The predicted octanol–water partition coefficient (Wildman–Crippen LogP) is 13.6. The van der Waals surface area contributed by atoms with E-state index in [1.807, 2.05) is 36.4 Å². The van der Waals surface area contributed by atoms with Gasteiger partial charge in [0.15, 0.2) is 0 Å². The standard InChI is InChI=1S/C48H30/c1-3-11-31(12-4-1)35-15-7-19-39-37(35)17-9-21-41(39)43-27-23-33-26-30-46-44(28-24-34-25-29-45(43)47(33)48(34)46)42-22-10-18-38-36(16-8-20-40(38)42)32-13-5-2-6-14-32/h1-30H/i25D,26D,29D,30D. The van der Waals surface area contributed by atoms with Gasteiger partial charge in [-0.05, 0) is 98.4 Å². The predicted molar refractivity (Wildman–Crippen MR) is 207 cm³/mol. The molecule has 0 saturated heterocycles. The second-order valence-corrected chi connectivity index (χ2v) is 12.5. The first-order valence-corrected chi connectivity index (χ1v) is 16.4. The van der Waals surface area contributed by atoms with E-state index in [0.717, 1.165) is 76.8 Å². The molecule has 0 N–H and O–H groups in total. The summed E-state index contributed by atoms with van der Waals surface area (Å²) in [5.74, 6) is 0. The zero-order valence-electron chi connectivity index (χ0n) is 30.0. The Morgan fingerprint density at radius 1 is 0.250 bits per heavy atom. The lowest BCUT2D eigenvalue weighted by molar-refractivity contribution is 1.64. The quantitative estimate of drug-likeness (QED) is 0.174. The van der Waals surface area contributed by atoms with Crippen molar-refractivity contribution in [3.63, 3.8) is 0 Å². The van der Waals surface area contributed by atoms with Crippen LogP contribution in [0.5, 0.6) is 0 Å². The third kappa shape index (κ3) is 4.03. The SMILES string of the molecule is [2H]c1c([2H])c2c(-c3cccc4c(-c5ccccc5)cccc34)ccc3c([2H])c([2H])c4c(-c5cccc6c(-c7ccccc7)cccc56)ccc1c4c32. The molecule has 0 heterocycles. The van der Waals surface area contributed by atoms with E-state index in [1.165, 1.54) is 0 Å². The lowest BCUT2D eigenvalue weighted by Crippen LogP contribution is -1.91. The van der Waals surface area contributed by atoms with Crippen LogP contribution in [0.2, 0.25) is 0 Å². The van der Waals surface area contributed by atoms with Gasteiger partial charge in [0.25, 0.3) is 0 Å². The van der Waals surface area contributed by atoms with Gasteiger partial charge in [-0.25, -0.2) is 0 Å². The maximum absolute atomic E-state index is 9.47. The number of benzene rings is 10. The van der Waals surface area contributed by atoms with Crippen LogP contribution in [-0.4, -0.2) is 0 Å². The molecule has 0 saturated carbocycles. The molecule has 48 heavy (non-hydrogen) atoms. The monoisotopic (exact) mass is 610 g/mol. The highest BCUT2D eigenvalue weighted by Gasteiger charge is 2.18. The average Bonchev–Trinajstić information content (AvgIpc) is 3.20. The van der Waals surface area contributed by atoms with Crippen LogP contribution >= 0.6 is 0 Å². The summed E-state index contributed by atoms with van der Waals surface area (Å²) >= 11 is 0. The zero-order valence-corrected chi connectivity index (χ0v) is 26.0. The minimum Gasteiger partial charge on any atom is -0.0622 e. The molecule has 0 aliphatic heterocycles. The fourth-order valence-corrected chi connectivity index (χ4v) is 7.73. The summed E-state index contributed by atoms with van der Waals surface area (Å²) in [5, 5.41) is 8.42. The van der Waals surface area contributed by atoms with Gasteiger partial charge in [-0.15, -0.1) is 0 Å². The molecule has 0 unspecified atom stereocenters. The summed E-state index contributed by atoms with van der Waals surface area (Å²) in [6, 6.07) is 54.4. The zero-order chi connectivity index (χ0) is 35.1. The van der Waals surface area contributed by atoms with Crippen molar-refractivity contribution < 1.29 is 5.48 Å². The van der Waals surface area contributed by atoms with Crippen LogP contribution in [0.1, 0.15) is 5.48 Å². The van der Waals surface area contributed by atoms with Crippen LogP contribution in [0, 0.1) is 0 Å². The van der Waals surface area contributed by atoms with Crippen molar-refractivity contribution >= 4 is 53.9 Å². The van der Waals surface area contributed by atoms with Gasteiger partial charge in [0.2, 0.25) is 0 Å². The third-order valence-electron chi connectivity index (χ3n) is 9.90. The molecule has 0 fully saturated rings. The number of fused-ring (bicyclic) bond motifs is 2. The highest BCUT2D eigenvalue weighted by Crippen LogP contribution is 2.45. The third-order valence-corrected chi connectivity index (χ3v) is 9.90.